The van der Waals surface area contributed by atoms with E-state index in [1.54, 1.807) is 7.05 Å². The molecular formula is C22H29N6O3+. The average Bonchev–Trinajstić information content (AvgIpc) is 3.14. The number of carbonyl (C=O) groups excluding carboxylic acids is 1. The third kappa shape index (κ3) is 4.05. The van der Waals surface area contributed by atoms with Crippen molar-refractivity contribution < 1.29 is 9.69 Å². The van der Waals surface area contributed by atoms with Gasteiger partial charge in [-0.15, -0.1) is 0 Å². The summed E-state index contributed by atoms with van der Waals surface area (Å²) in [5.74, 6) is 0.498. The third-order valence-electron chi connectivity index (χ3n) is 6.40. The maximum Gasteiger partial charge on any atom is 0.332 e. The van der Waals surface area contributed by atoms with Crippen molar-refractivity contribution in [2.75, 3.05) is 13.1 Å². The van der Waals surface area contributed by atoms with Crippen molar-refractivity contribution in [2.24, 2.45) is 25.7 Å². The molecule has 0 aliphatic carbocycles. The molecule has 0 atom stereocenters. The number of nitrogens with one attached hydrogen (secondary N) is 1. The van der Waals surface area contributed by atoms with Crippen molar-refractivity contribution in [3.8, 4) is 0 Å². The van der Waals surface area contributed by atoms with E-state index in [1.807, 2.05) is 22.8 Å². The van der Waals surface area contributed by atoms with Gasteiger partial charge in [0.1, 0.15) is 6.54 Å². The molecule has 0 radical (unpaired) electrons. The molecule has 0 spiro atoms. The smallest absolute Gasteiger partial charge is 0.332 e. The Labute approximate surface area is 179 Å². The maximum atomic E-state index is 13.0. The van der Waals surface area contributed by atoms with Crippen LogP contribution in [0.3, 0.4) is 0 Å². The minimum absolute atomic E-state index is 0.0613. The van der Waals surface area contributed by atoms with Crippen molar-refractivity contribution in [1.29, 1.82) is 0 Å². The first-order valence-electron chi connectivity index (χ1n) is 10.7. The average molecular weight is 426 g/mol. The Bertz CT molecular complexity index is 1220. The molecule has 1 aromatic carbocycles. The molecule has 0 saturated carbocycles. The SMILES string of the molecule is Cn1c(=O)c2c(nc(C[NH+]3CCC(C(N)=O)CC3)n2CCc2ccccc2)n(C)c1=O. The summed E-state index contributed by atoms with van der Waals surface area (Å²) in [6, 6.07) is 10.1. The Morgan fingerprint density at radius 2 is 1.81 bits per heavy atom. The Hall–Kier alpha value is -3.20. The van der Waals surface area contributed by atoms with Crippen LogP contribution in [0.4, 0.5) is 0 Å². The van der Waals surface area contributed by atoms with E-state index in [1.165, 1.54) is 22.1 Å². The highest BCUT2D eigenvalue weighted by molar-refractivity contribution is 5.76. The number of aryl methyl sites for hydroxylation is 3. The topological polar surface area (TPSA) is 109 Å². The fourth-order valence-corrected chi connectivity index (χ4v) is 4.46. The van der Waals surface area contributed by atoms with Gasteiger partial charge in [-0.25, -0.2) is 9.78 Å². The van der Waals surface area contributed by atoms with Crippen LogP contribution >= 0.6 is 0 Å². The van der Waals surface area contributed by atoms with Gasteiger partial charge in [0.05, 0.1) is 13.1 Å². The molecule has 0 bridgehead atoms. The van der Waals surface area contributed by atoms with Crippen molar-refractivity contribution >= 4 is 17.1 Å². The number of piperidine rings is 1. The molecule has 9 heteroatoms. The highest BCUT2D eigenvalue weighted by atomic mass is 16.2. The number of likely N-dealkylation sites (tertiary alicyclic amines) is 1. The number of aromatic nitrogens is 4. The summed E-state index contributed by atoms with van der Waals surface area (Å²) in [4.78, 5) is 42.9. The van der Waals surface area contributed by atoms with E-state index in [-0.39, 0.29) is 23.1 Å². The quantitative estimate of drug-likeness (QED) is 0.526. The second-order valence-corrected chi connectivity index (χ2v) is 8.40. The monoisotopic (exact) mass is 425 g/mol. The number of benzene rings is 1. The lowest BCUT2D eigenvalue weighted by molar-refractivity contribution is -0.920. The highest BCUT2D eigenvalue weighted by Crippen LogP contribution is 2.14. The van der Waals surface area contributed by atoms with E-state index in [2.05, 4.69) is 12.1 Å². The molecule has 1 amide bonds. The summed E-state index contributed by atoms with van der Waals surface area (Å²) in [6.45, 7) is 2.88. The third-order valence-corrected chi connectivity index (χ3v) is 6.40. The fourth-order valence-electron chi connectivity index (χ4n) is 4.46. The van der Waals surface area contributed by atoms with E-state index in [9.17, 15) is 14.4 Å². The van der Waals surface area contributed by atoms with Crippen LogP contribution in [0.15, 0.2) is 39.9 Å². The van der Waals surface area contributed by atoms with E-state index < -0.39 is 0 Å². The van der Waals surface area contributed by atoms with Gasteiger partial charge in [-0.1, -0.05) is 30.3 Å². The van der Waals surface area contributed by atoms with Crippen molar-refractivity contribution in [3.05, 3.63) is 62.6 Å². The Kier molecular flexibility index (Phi) is 5.77. The first-order valence-corrected chi connectivity index (χ1v) is 10.7. The molecule has 1 aliphatic rings. The van der Waals surface area contributed by atoms with Gasteiger partial charge >= 0.3 is 5.69 Å². The molecule has 4 rings (SSSR count). The standard InChI is InChI=1S/C22H28N6O3/c1-25-20-18(21(30)26(2)22(25)31)28(13-8-15-6-4-3-5-7-15)17(24-20)14-27-11-9-16(10-12-27)19(23)29/h3-7,16H,8-14H2,1-2H3,(H2,23,29)/p+1. The number of primary amides is 1. The van der Waals surface area contributed by atoms with Crippen molar-refractivity contribution in [2.45, 2.75) is 32.4 Å². The number of quaternary nitrogens is 1. The highest BCUT2D eigenvalue weighted by Gasteiger charge is 2.28. The second-order valence-electron chi connectivity index (χ2n) is 8.40. The number of amides is 1. The molecule has 2 aromatic heterocycles. The number of hydrogen-bond donors (Lipinski definition) is 2. The molecule has 31 heavy (non-hydrogen) atoms. The van der Waals surface area contributed by atoms with Crippen LogP contribution < -0.4 is 21.9 Å². The Balaban J connectivity index is 1.70. The van der Waals surface area contributed by atoms with Crippen LogP contribution in [-0.4, -0.2) is 37.7 Å². The minimum Gasteiger partial charge on any atom is -0.369 e. The van der Waals surface area contributed by atoms with E-state index in [0.717, 1.165) is 42.7 Å². The summed E-state index contributed by atoms with van der Waals surface area (Å²) >= 11 is 0. The van der Waals surface area contributed by atoms with Gasteiger partial charge in [0.15, 0.2) is 17.0 Å². The van der Waals surface area contributed by atoms with Gasteiger partial charge in [0.2, 0.25) is 5.91 Å². The lowest BCUT2D eigenvalue weighted by Crippen LogP contribution is -3.12. The second kappa shape index (κ2) is 8.50. The molecule has 1 fully saturated rings. The van der Waals surface area contributed by atoms with E-state index in [0.29, 0.717) is 24.3 Å². The Morgan fingerprint density at radius 3 is 2.45 bits per heavy atom. The molecule has 3 aromatic rings. The number of imidazole rings is 1. The van der Waals surface area contributed by atoms with Crippen molar-refractivity contribution in [1.82, 2.24) is 18.7 Å². The molecule has 9 nitrogen and oxygen atoms in total. The Morgan fingerprint density at radius 1 is 1.13 bits per heavy atom. The predicted molar refractivity (Wildman–Crippen MR) is 117 cm³/mol. The summed E-state index contributed by atoms with van der Waals surface area (Å²) in [5.41, 5.74) is 6.81. The number of carbonyl (C=O) groups is 1. The van der Waals surface area contributed by atoms with Crippen molar-refractivity contribution in [3.63, 3.8) is 0 Å². The van der Waals surface area contributed by atoms with Crippen LogP contribution in [-0.2, 0) is 38.4 Å². The molecule has 1 saturated heterocycles. The van der Waals surface area contributed by atoms with E-state index >= 15 is 0 Å². The van der Waals surface area contributed by atoms with Crippen LogP contribution in [0.1, 0.15) is 24.2 Å². The van der Waals surface area contributed by atoms with Crippen LogP contribution in [0.2, 0.25) is 0 Å². The fraction of sp³-hybridized carbons (Fsp3) is 0.455. The van der Waals surface area contributed by atoms with Gasteiger partial charge in [0.25, 0.3) is 5.56 Å². The molecule has 0 unspecified atom stereocenters. The zero-order valence-electron chi connectivity index (χ0n) is 18.0. The van der Waals surface area contributed by atoms with Gasteiger partial charge in [-0.3, -0.25) is 18.7 Å². The first-order chi connectivity index (χ1) is 14.9. The van der Waals surface area contributed by atoms with Gasteiger partial charge in [0, 0.05) is 39.4 Å². The maximum absolute atomic E-state index is 13.0. The largest absolute Gasteiger partial charge is 0.369 e. The number of nitrogens with zero attached hydrogens (tertiary/aromatic N) is 4. The lowest BCUT2D eigenvalue weighted by Gasteiger charge is -2.27. The molecule has 164 valence electrons. The van der Waals surface area contributed by atoms with Crippen LogP contribution in [0, 0.1) is 5.92 Å². The van der Waals surface area contributed by atoms with Crippen LogP contribution in [0.5, 0.6) is 0 Å². The summed E-state index contributed by atoms with van der Waals surface area (Å²) < 4.78 is 4.54. The number of fused-ring (bicyclic) bond motifs is 1. The molecule has 3 N–H and O–H groups in total. The van der Waals surface area contributed by atoms with E-state index in [4.69, 9.17) is 10.7 Å². The lowest BCUT2D eigenvalue weighted by atomic mass is 9.96. The number of nitrogens with two attached hydrogens (primary N) is 1. The van der Waals surface area contributed by atoms with Gasteiger partial charge < -0.3 is 15.2 Å². The predicted octanol–water partition coefficient (Wildman–Crippen LogP) is -1.04. The normalized spacial score (nSPS) is 19.0. The molecular weight excluding hydrogens is 396 g/mol. The van der Waals surface area contributed by atoms with Gasteiger partial charge in [-0.2, -0.15) is 0 Å². The summed E-state index contributed by atoms with van der Waals surface area (Å²) in [6.07, 6.45) is 2.27. The number of hydrogen-bond acceptors (Lipinski definition) is 4. The summed E-state index contributed by atoms with van der Waals surface area (Å²) in [5, 5.41) is 0. The number of rotatable bonds is 6. The zero-order valence-corrected chi connectivity index (χ0v) is 18.0. The molecule has 1 aliphatic heterocycles. The summed E-state index contributed by atoms with van der Waals surface area (Å²) in [7, 11) is 3.14. The first kappa shape index (κ1) is 21.0. The van der Waals surface area contributed by atoms with Crippen LogP contribution in [0.25, 0.3) is 11.2 Å². The molecule has 3 heterocycles. The zero-order chi connectivity index (χ0) is 22.1. The van der Waals surface area contributed by atoms with Gasteiger partial charge in [-0.05, 0) is 12.0 Å². The minimum atomic E-state index is -0.383.